The number of amides is 2. The molecule has 0 aromatic heterocycles. The summed E-state index contributed by atoms with van der Waals surface area (Å²) in [6, 6.07) is 6.89. The lowest BCUT2D eigenvalue weighted by molar-refractivity contribution is -0.160. The molecule has 2 amide bonds. The molecule has 2 fully saturated rings. The summed E-state index contributed by atoms with van der Waals surface area (Å²) < 4.78 is 12.2. The molecule has 1 unspecified atom stereocenters. The summed E-state index contributed by atoms with van der Waals surface area (Å²) in [4.78, 5) is 36.8. The maximum absolute atomic E-state index is 12.3. The van der Waals surface area contributed by atoms with Gasteiger partial charge in [-0.15, -0.1) is 0 Å². The van der Waals surface area contributed by atoms with Gasteiger partial charge in [-0.3, -0.25) is 13.8 Å². The van der Waals surface area contributed by atoms with Crippen LogP contribution in [0.3, 0.4) is 0 Å². The maximum Gasteiger partial charge on any atom is 0.330 e. The van der Waals surface area contributed by atoms with Crippen molar-refractivity contribution in [2.45, 2.75) is 23.9 Å². The van der Waals surface area contributed by atoms with E-state index >= 15 is 0 Å². The normalized spacial score (nSPS) is 28.8. The predicted octanol–water partition coefficient (Wildman–Crippen LogP) is -0.346. The van der Waals surface area contributed by atoms with Crippen molar-refractivity contribution in [2.75, 3.05) is 5.75 Å². The quantitative estimate of drug-likeness (QED) is 0.572. The molecule has 0 bridgehead atoms. The fourth-order valence-corrected chi connectivity index (χ4v) is 4.68. The van der Waals surface area contributed by atoms with Gasteiger partial charge in [0.2, 0.25) is 11.8 Å². The number of nitrogens with one attached hydrogen (secondary N) is 1. The van der Waals surface area contributed by atoms with Crippen molar-refractivity contribution in [3.8, 4) is 0 Å². The zero-order chi connectivity index (χ0) is 17.4. The molecule has 0 radical (unpaired) electrons. The van der Waals surface area contributed by atoms with Crippen LogP contribution in [0, 0.1) is 0 Å². The Balaban J connectivity index is 1.71. The molecule has 8 heteroatoms. The predicted molar refractivity (Wildman–Crippen MR) is 86.3 cm³/mol. The van der Waals surface area contributed by atoms with Crippen LogP contribution in [0.15, 0.2) is 42.5 Å². The van der Waals surface area contributed by atoms with Crippen molar-refractivity contribution in [1.82, 2.24) is 10.2 Å². The van der Waals surface area contributed by atoms with Crippen molar-refractivity contribution in [2.24, 2.45) is 0 Å². The number of β-lactam (4-membered cyclic amide) rings is 1. The van der Waals surface area contributed by atoms with Crippen molar-refractivity contribution in [3.63, 3.8) is 0 Å². The summed E-state index contributed by atoms with van der Waals surface area (Å²) in [5.41, 5.74) is 1.03. The molecule has 2 aliphatic heterocycles. The summed E-state index contributed by atoms with van der Waals surface area (Å²) in [6.45, 7) is 3.61. The highest BCUT2D eigenvalue weighted by atomic mass is 32.2. The number of hydrogen-bond donors (Lipinski definition) is 2. The lowest BCUT2D eigenvalue weighted by Gasteiger charge is -2.52. The molecule has 1 aromatic carbocycles. The minimum Gasteiger partial charge on any atom is -0.479 e. The Labute approximate surface area is 140 Å². The summed E-state index contributed by atoms with van der Waals surface area (Å²) in [5, 5.41) is 11.0. The molecule has 7 nitrogen and oxygen atoms in total. The molecule has 2 heterocycles. The fraction of sp³-hybridized carbons (Fsp3) is 0.312. The number of aliphatic carboxylic acids is 1. The Morgan fingerprint density at radius 2 is 2.00 bits per heavy atom. The number of carbonyl (C=O) groups excluding carboxylic acids is 2. The first-order chi connectivity index (χ1) is 11.4. The van der Waals surface area contributed by atoms with E-state index in [1.807, 2.05) is 6.07 Å². The van der Waals surface area contributed by atoms with Crippen LogP contribution < -0.4 is 5.32 Å². The van der Waals surface area contributed by atoms with Crippen LogP contribution in [0.2, 0.25) is 0 Å². The van der Waals surface area contributed by atoms with Gasteiger partial charge >= 0.3 is 5.97 Å². The first kappa shape index (κ1) is 16.4. The molecule has 0 saturated carbocycles. The van der Waals surface area contributed by atoms with Crippen LogP contribution in [0.1, 0.15) is 5.56 Å². The van der Waals surface area contributed by atoms with E-state index in [-0.39, 0.29) is 23.7 Å². The second-order valence-electron chi connectivity index (χ2n) is 5.77. The van der Waals surface area contributed by atoms with E-state index < -0.39 is 40.1 Å². The van der Waals surface area contributed by atoms with Crippen molar-refractivity contribution < 1.29 is 23.7 Å². The summed E-state index contributed by atoms with van der Waals surface area (Å²) >= 11 is 0. The molecule has 2 aliphatic rings. The lowest BCUT2D eigenvalue weighted by atomic mass is 9.98. The van der Waals surface area contributed by atoms with E-state index in [4.69, 9.17) is 0 Å². The third kappa shape index (κ3) is 2.73. The number of rotatable bonds is 4. The van der Waals surface area contributed by atoms with Crippen LogP contribution in [0.25, 0.3) is 0 Å². The van der Waals surface area contributed by atoms with E-state index in [2.05, 4.69) is 11.9 Å². The third-order valence-electron chi connectivity index (χ3n) is 4.10. The van der Waals surface area contributed by atoms with Gasteiger partial charge in [-0.05, 0) is 11.1 Å². The molecule has 0 spiro atoms. The van der Waals surface area contributed by atoms with Gasteiger partial charge in [0.05, 0.1) is 17.2 Å². The van der Waals surface area contributed by atoms with Gasteiger partial charge in [-0.25, -0.2) is 4.79 Å². The Kier molecular flexibility index (Phi) is 4.23. The van der Waals surface area contributed by atoms with Gasteiger partial charge in [0, 0.05) is 5.75 Å². The number of fused-ring (bicyclic) bond motifs is 1. The first-order valence-corrected chi connectivity index (χ1v) is 8.71. The number of carboxylic acids is 1. The summed E-state index contributed by atoms with van der Waals surface area (Å²) in [7, 11) is -1.48. The maximum atomic E-state index is 12.3. The SMILES string of the molecule is C=C1CS(=O)[C@@H]2[C@H](NC(=O)Cc3ccccc3)C(=O)N2[C@H]1C(=O)O. The van der Waals surface area contributed by atoms with Gasteiger partial charge in [0.15, 0.2) is 6.04 Å². The molecule has 24 heavy (non-hydrogen) atoms. The Hall–Kier alpha value is -2.48. The van der Waals surface area contributed by atoms with Gasteiger partial charge < -0.3 is 15.3 Å². The number of carboxylic acid groups (broad SMARTS) is 1. The molecule has 2 saturated heterocycles. The van der Waals surface area contributed by atoms with Crippen molar-refractivity contribution in [1.29, 1.82) is 0 Å². The average Bonchev–Trinajstić information content (AvgIpc) is 2.53. The minimum absolute atomic E-state index is 0.0104. The molecule has 2 N–H and O–H groups in total. The van der Waals surface area contributed by atoms with E-state index in [1.54, 1.807) is 24.3 Å². The highest BCUT2D eigenvalue weighted by Gasteiger charge is 2.58. The number of nitrogens with zero attached hydrogens (tertiary/aromatic N) is 1. The smallest absolute Gasteiger partial charge is 0.330 e. The van der Waals surface area contributed by atoms with Gasteiger partial charge in [0.25, 0.3) is 0 Å². The van der Waals surface area contributed by atoms with Crippen LogP contribution >= 0.6 is 0 Å². The molecule has 3 rings (SSSR count). The lowest BCUT2D eigenvalue weighted by Crippen LogP contribution is -2.77. The van der Waals surface area contributed by atoms with Crippen LogP contribution in [-0.2, 0) is 31.6 Å². The molecule has 126 valence electrons. The Bertz CT molecular complexity index is 748. The Morgan fingerprint density at radius 3 is 2.62 bits per heavy atom. The van der Waals surface area contributed by atoms with Gasteiger partial charge in [0.1, 0.15) is 11.4 Å². The third-order valence-corrected chi connectivity index (χ3v) is 5.79. The second kappa shape index (κ2) is 6.20. The average molecular weight is 348 g/mol. The summed E-state index contributed by atoms with van der Waals surface area (Å²) in [5.74, 6) is -2.10. The topological polar surface area (TPSA) is 104 Å². The monoisotopic (exact) mass is 348 g/mol. The van der Waals surface area contributed by atoms with E-state index in [0.717, 1.165) is 10.5 Å². The Morgan fingerprint density at radius 1 is 1.33 bits per heavy atom. The standard InChI is InChI=1S/C16H16N2O5S/c1-9-8-24(23)15-12(14(20)18(15)13(9)16(21)22)17-11(19)7-10-5-3-2-4-6-10/h2-6,12-13,15H,1,7-8H2,(H,17,19)(H,21,22)/t12-,13-,15-,24?/m1/s1. The highest BCUT2D eigenvalue weighted by molar-refractivity contribution is 7.86. The van der Waals surface area contributed by atoms with Crippen molar-refractivity contribution >= 4 is 28.6 Å². The van der Waals surface area contributed by atoms with E-state index in [9.17, 15) is 23.7 Å². The largest absolute Gasteiger partial charge is 0.479 e. The van der Waals surface area contributed by atoms with Gasteiger partial charge in [-0.1, -0.05) is 36.9 Å². The van der Waals surface area contributed by atoms with E-state index in [0.29, 0.717) is 0 Å². The van der Waals surface area contributed by atoms with E-state index in [1.165, 1.54) is 0 Å². The zero-order valence-corrected chi connectivity index (χ0v) is 13.5. The molecular formula is C16H16N2O5S. The fourth-order valence-electron chi connectivity index (χ4n) is 3.02. The highest BCUT2D eigenvalue weighted by Crippen LogP contribution is 2.34. The van der Waals surface area contributed by atoms with Crippen molar-refractivity contribution in [3.05, 3.63) is 48.0 Å². The second-order valence-corrected chi connectivity index (χ2v) is 7.30. The van der Waals surface area contributed by atoms with Crippen LogP contribution in [0.4, 0.5) is 0 Å². The molecule has 4 atom stereocenters. The number of carbonyl (C=O) groups is 3. The van der Waals surface area contributed by atoms with Gasteiger partial charge in [-0.2, -0.15) is 0 Å². The van der Waals surface area contributed by atoms with Crippen LogP contribution in [0.5, 0.6) is 0 Å². The molecule has 0 aliphatic carbocycles. The van der Waals surface area contributed by atoms with Crippen LogP contribution in [-0.4, -0.2) is 55.2 Å². The zero-order valence-electron chi connectivity index (χ0n) is 12.7. The first-order valence-electron chi connectivity index (χ1n) is 7.33. The number of hydrogen-bond acceptors (Lipinski definition) is 4. The number of benzene rings is 1. The minimum atomic E-state index is -1.48. The summed E-state index contributed by atoms with van der Waals surface area (Å²) in [6.07, 6.45) is 0.0963. The molecular weight excluding hydrogens is 332 g/mol. The molecule has 1 aromatic rings.